The number of anilines is 1. The van der Waals surface area contributed by atoms with Gasteiger partial charge in [-0.2, -0.15) is 0 Å². The Morgan fingerprint density at radius 1 is 1.13 bits per heavy atom. The van der Waals surface area contributed by atoms with Crippen LogP contribution >= 0.6 is 11.3 Å². The highest BCUT2D eigenvalue weighted by Gasteiger charge is 2.21. The quantitative estimate of drug-likeness (QED) is 0.589. The molecule has 0 atom stereocenters. The Morgan fingerprint density at radius 2 is 1.97 bits per heavy atom. The van der Waals surface area contributed by atoms with Crippen LogP contribution in [0.3, 0.4) is 0 Å². The van der Waals surface area contributed by atoms with Gasteiger partial charge in [0.15, 0.2) is 0 Å². The van der Waals surface area contributed by atoms with Crippen molar-refractivity contribution in [2.24, 2.45) is 0 Å². The minimum atomic E-state index is -0.00966. The van der Waals surface area contributed by atoms with Crippen LogP contribution in [0.15, 0.2) is 29.3 Å². The van der Waals surface area contributed by atoms with Crippen LogP contribution in [0, 0.1) is 0 Å². The molecule has 0 radical (unpaired) electrons. The molecule has 5 rings (SSSR count). The molecule has 0 unspecified atom stereocenters. The van der Waals surface area contributed by atoms with Crippen molar-refractivity contribution in [1.29, 1.82) is 0 Å². The average Bonchev–Trinajstić information content (AvgIpc) is 3.21. The van der Waals surface area contributed by atoms with Crippen LogP contribution in [0.25, 0.3) is 10.9 Å². The Hall–Kier alpha value is -2.29. The largest absolute Gasteiger partial charge is 0.383 e. The molecule has 164 valence electrons. The summed E-state index contributed by atoms with van der Waals surface area (Å²) in [5, 5.41) is 1.94. The number of methoxy groups -OCH3 is 1. The maximum absolute atomic E-state index is 12.7. The van der Waals surface area contributed by atoms with Gasteiger partial charge in [0.05, 0.1) is 42.6 Å². The molecule has 31 heavy (non-hydrogen) atoms. The summed E-state index contributed by atoms with van der Waals surface area (Å²) >= 11 is 1.92. The first-order valence-electron chi connectivity index (χ1n) is 11.1. The van der Waals surface area contributed by atoms with Crippen molar-refractivity contribution >= 4 is 27.9 Å². The molecular formula is C23H29N5O2S. The van der Waals surface area contributed by atoms with Crippen molar-refractivity contribution in [1.82, 2.24) is 19.4 Å². The molecule has 3 heterocycles. The molecule has 0 N–H and O–H groups in total. The molecule has 0 bridgehead atoms. The minimum absolute atomic E-state index is 0.00966. The number of thiazole rings is 1. The van der Waals surface area contributed by atoms with Crippen molar-refractivity contribution in [3.63, 3.8) is 0 Å². The van der Waals surface area contributed by atoms with Crippen molar-refractivity contribution in [2.75, 3.05) is 44.8 Å². The van der Waals surface area contributed by atoms with Crippen LogP contribution in [-0.4, -0.2) is 59.3 Å². The number of rotatable bonds is 6. The lowest BCUT2D eigenvalue weighted by Crippen LogP contribution is -2.46. The average molecular weight is 440 g/mol. The molecule has 3 aromatic rings. The zero-order valence-electron chi connectivity index (χ0n) is 18.0. The lowest BCUT2D eigenvalue weighted by Gasteiger charge is -2.35. The fourth-order valence-electron chi connectivity index (χ4n) is 4.52. The SMILES string of the molecule is COCCn1cnc2cc(N3CCN(Cc4nc5c(s4)CCCC5)CC3)ccc2c1=O. The second-order valence-electron chi connectivity index (χ2n) is 8.39. The van der Waals surface area contributed by atoms with Crippen LogP contribution in [-0.2, 0) is 30.7 Å². The third-order valence-electron chi connectivity index (χ3n) is 6.33. The van der Waals surface area contributed by atoms with Gasteiger partial charge >= 0.3 is 0 Å². The molecule has 1 saturated heterocycles. The van der Waals surface area contributed by atoms with E-state index in [1.807, 2.05) is 23.5 Å². The van der Waals surface area contributed by atoms with Gasteiger partial charge in [0.25, 0.3) is 5.56 Å². The minimum Gasteiger partial charge on any atom is -0.383 e. The van der Waals surface area contributed by atoms with Crippen molar-refractivity contribution in [2.45, 2.75) is 38.8 Å². The van der Waals surface area contributed by atoms with Gasteiger partial charge in [-0.15, -0.1) is 11.3 Å². The molecule has 1 aliphatic heterocycles. The number of aromatic nitrogens is 3. The Morgan fingerprint density at radius 3 is 2.77 bits per heavy atom. The van der Waals surface area contributed by atoms with Crippen LogP contribution < -0.4 is 10.5 Å². The first-order valence-corrected chi connectivity index (χ1v) is 12.0. The summed E-state index contributed by atoms with van der Waals surface area (Å²) in [6.07, 6.45) is 6.60. The van der Waals surface area contributed by atoms with Gasteiger partial charge in [-0.1, -0.05) is 0 Å². The predicted molar refractivity (Wildman–Crippen MR) is 124 cm³/mol. The van der Waals surface area contributed by atoms with Gasteiger partial charge in [0.2, 0.25) is 0 Å². The van der Waals surface area contributed by atoms with Crippen LogP contribution in [0.2, 0.25) is 0 Å². The third-order valence-corrected chi connectivity index (χ3v) is 7.47. The van der Waals surface area contributed by atoms with Crippen LogP contribution in [0.1, 0.15) is 28.4 Å². The number of aryl methyl sites for hydroxylation is 2. The monoisotopic (exact) mass is 439 g/mol. The van der Waals surface area contributed by atoms with Gasteiger partial charge in [-0.25, -0.2) is 9.97 Å². The third kappa shape index (κ3) is 4.37. The van der Waals surface area contributed by atoms with Gasteiger partial charge in [-0.05, 0) is 43.9 Å². The molecular weight excluding hydrogens is 410 g/mol. The fourth-order valence-corrected chi connectivity index (χ4v) is 5.72. The summed E-state index contributed by atoms with van der Waals surface area (Å²) in [6.45, 7) is 5.97. The number of nitrogens with zero attached hydrogens (tertiary/aromatic N) is 5. The van der Waals surface area contributed by atoms with E-state index in [2.05, 4.69) is 20.9 Å². The zero-order valence-corrected chi connectivity index (χ0v) is 18.9. The van der Waals surface area contributed by atoms with E-state index in [1.54, 1.807) is 18.0 Å². The summed E-state index contributed by atoms with van der Waals surface area (Å²) in [5.74, 6) is 0. The lowest BCUT2D eigenvalue weighted by atomic mass is 10.0. The topological polar surface area (TPSA) is 63.5 Å². The molecule has 2 aliphatic rings. The molecule has 1 fully saturated rings. The summed E-state index contributed by atoms with van der Waals surface area (Å²) in [5.41, 5.74) is 3.24. The number of fused-ring (bicyclic) bond motifs is 2. The van der Waals surface area contributed by atoms with Crippen molar-refractivity contribution in [3.8, 4) is 0 Å². The fraction of sp³-hybridized carbons (Fsp3) is 0.522. The summed E-state index contributed by atoms with van der Waals surface area (Å²) in [4.78, 5) is 28.5. The zero-order chi connectivity index (χ0) is 21.2. The Labute approximate surface area is 186 Å². The van der Waals surface area contributed by atoms with Crippen molar-refractivity contribution < 1.29 is 4.74 Å². The van der Waals surface area contributed by atoms with Crippen LogP contribution in [0.4, 0.5) is 5.69 Å². The van der Waals surface area contributed by atoms with E-state index in [9.17, 15) is 4.79 Å². The van der Waals surface area contributed by atoms with Crippen LogP contribution in [0.5, 0.6) is 0 Å². The predicted octanol–water partition coefficient (Wildman–Crippen LogP) is 2.70. The normalized spacial score (nSPS) is 17.3. The van der Waals surface area contributed by atoms with E-state index in [4.69, 9.17) is 9.72 Å². The maximum atomic E-state index is 12.7. The van der Waals surface area contributed by atoms with E-state index >= 15 is 0 Å². The molecule has 0 amide bonds. The number of piperazine rings is 1. The van der Waals surface area contributed by atoms with E-state index in [-0.39, 0.29) is 5.56 Å². The molecule has 8 heteroatoms. The molecule has 2 aromatic heterocycles. The molecule has 0 spiro atoms. The first kappa shape index (κ1) is 20.6. The number of hydrogen-bond donors (Lipinski definition) is 0. The lowest BCUT2D eigenvalue weighted by molar-refractivity contribution is 0.186. The number of hydrogen-bond acceptors (Lipinski definition) is 7. The second kappa shape index (κ2) is 9.06. The molecule has 0 saturated carbocycles. The van der Waals surface area contributed by atoms with Gasteiger partial charge < -0.3 is 9.64 Å². The number of benzene rings is 1. The van der Waals surface area contributed by atoms with E-state index in [1.165, 1.54) is 34.8 Å². The summed E-state index contributed by atoms with van der Waals surface area (Å²) < 4.78 is 6.69. The van der Waals surface area contributed by atoms with Crippen molar-refractivity contribution in [3.05, 3.63) is 50.5 Å². The van der Waals surface area contributed by atoms with Gasteiger partial charge in [-0.3, -0.25) is 14.3 Å². The first-order chi connectivity index (χ1) is 15.2. The molecule has 7 nitrogen and oxygen atoms in total. The summed E-state index contributed by atoms with van der Waals surface area (Å²) in [7, 11) is 1.63. The second-order valence-corrected chi connectivity index (χ2v) is 9.55. The molecule has 1 aliphatic carbocycles. The highest BCUT2D eigenvalue weighted by molar-refractivity contribution is 7.11. The Bertz CT molecular complexity index is 1090. The van der Waals surface area contributed by atoms with Gasteiger partial charge in [0, 0.05) is 43.9 Å². The van der Waals surface area contributed by atoms with E-state index in [0.29, 0.717) is 18.5 Å². The van der Waals surface area contributed by atoms with E-state index < -0.39 is 0 Å². The summed E-state index contributed by atoms with van der Waals surface area (Å²) in [6, 6.07) is 6.01. The standard InChI is InChI=1S/C23H29N5O2S/c1-30-13-12-28-16-24-20-14-17(6-7-18(20)23(28)29)27-10-8-26(9-11-27)15-22-25-19-4-2-3-5-21(19)31-22/h6-7,14,16H,2-5,8-13,15H2,1H3. The Kier molecular flexibility index (Phi) is 6.02. The highest BCUT2D eigenvalue weighted by Crippen LogP contribution is 2.28. The Balaban J connectivity index is 1.23. The van der Waals surface area contributed by atoms with E-state index in [0.717, 1.165) is 50.3 Å². The maximum Gasteiger partial charge on any atom is 0.261 e. The number of ether oxygens (including phenoxy) is 1. The highest BCUT2D eigenvalue weighted by atomic mass is 32.1. The smallest absolute Gasteiger partial charge is 0.261 e. The molecule has 1 aromatic carbocycles. The van der Waals surface area contributed by atoms with Gasteiger partial charge in [0.1, 0.15) is 5.01 Å².